The Bertz CT molecular complexity index is 855. The second-order valence-corrected chi connectivity index (χ2v) is 7.44. The number of urea groups is 1. The molecule has 0 bridgehead atoms. The molecule has 7 heteroatoms. The van der Waals surface area contributed by atoms with Gasteiger partial charge in [-0.15, -0.1) is 0 Å². The van der Waals surface area contributed by atoms with E-state index in [4.69, 9.17) is 5.73 Å². The van der Waals surface area contributed by atoms with Crippen LogP contribution in [0.3, 0.4) is 0 Å². The zero-order valence-electron chi connectivity index (χ0n) is 16.5. The van der Waals surface area contributed by atoms with Crippen molar-refractivity contribution < 1.29 is 14.0 Å². The first-order valence-corrected chi connectivity index (χ1v) is 9.83. The lowest BCUT2D eigenvalue weighted by molar-refractivity contribution is 0.0959. The van der Waals surface area contributed by atoms with E-state index in [1.165, 1.54) is 19.2 Å². The number of rotatable bonds is 8. The molecule has 1 aliphatic rings. The molecule has 3 rings (SSSR count). The summed E-state index contributed by atoms with van der Waals surface area (Å²) in [7, 11) is 1.45. The molecule has 1 saturated carbocycles. The third-order valence-corrected chi connectivity index (χ3v) is 5.07. The Balaban J connectivity index is 1.50. The van der Waals surface area contributed by atoms with E-state index in [0.29, 0.717) is 17.9 Å². The van der Waals surface area contributed by atoms with Crippen molar-refractivity contribution in [1.29, 1.82) is 0 Å². The predicted molar refractivity (Wildman–Crippen MR) is 110 cm³/mol. The van der Waals surface area contributed by atoms with Crippen LogP contribution in [0.1, 0.15) is 40.4 Å². The van der Waals surface area contributed by atoms with Gasteiger partial charge in [0.2, 0.25) is 0 Å². The maximum absolute atomic E-state index is 14.1. The molecule has 0 radical (unpaired) electrons. The van der Waals surface area contributed by atoms with Crippen LogP contribution in [0.4, 0.5) is 9.18 Å². The number of benzene rings is 2. The van der Waals surface area contributed by atoms with Crippen LogP contribution in [0.25, 0.3) is 0 Å². The largest absolute Gasteiger partial charge is 0.355 e. The Morgan fingerprint density at radius 3 is 2.52 bits per heavy atom. The summed E-state index contributed by atoms with van der Waals surface area (Å²) < 4.78 is 14.1. The molecule has 6 nitrogen and oxygen atoms in total. The van der Waals surface area contributed by atoms with Gasteiger partial charge in [0, 0.05) is 19.6 Å². The fraction of sp³-hybridized carbons (Fsp3) is 0.364. The van der Waals surface area contributed by atoms with Crippen LogP contribution in [0.2, 0.25) is 0 Å². The zero-order chi connectivity index (χ0) is 20.8. The maximum Gasteiger partial charge on any atom is 0.315 e. The number of carbonyl (C=O) groups excluding carboxylic acids is 2. The molecule has 2 aromatic carbocycles. The first-order valence-electron chi connectivity index (χ1n) is 9.83. The lowest BCUT2D eigenvalue weighted by Gasteiger charge is -2.20. The van der Waals surface area contributed by atoms with E-state index in [1.54, 1.807) is 6.07 Å². The van der Waals surface area contributed by atoms with Crippen molar-refractivity contribution >= 4 is 11.9 Å². The highest BCUT2D eigenvalue weighted by molar-refractivity contribution is 5.94. The zero-order valence-corrected chi connectivity index (χ0v) is 16.5. The number of halogens is 1. The van der Waals surface area contributed by atoms with Gasteiger partial charge in [-0.25, -0.2) is 9.18 Å². The second-order valence-electron chi connectivity index (χ2n) is 7.44. The molecule has 1 aliphatic carbocycles. The molecule has 2 unspecified atom stereocenters. The molecule has 154 valence electrons. The highest BCUT2D eigenvalue weighted by Gasteiger charge is 2.33. The Hall–Kier alpha value is -2.93. The van der Waals surface area contributed by atoms with Crippen molar-refractivity contribution in [2.24, 2.45) is 11.7 Å². The molecular weight excluding hydrogens is 371 g/mol. The third kappa shape index (κ3) is 5.77. The number of nitrogens with one attached hydrogen (secondary N) is 3. The molecule has 1 fully saturated rings. The minimum atomic E-state index is -0.588. The maximum atomic E-state index is 14.1. The molecule has 3 amide bonds. The van der Waals surface area contributed by atoms with Crippen molar-refractivity contribution in [3.05, 3.63) is 71.0 Å². The van der Waals surface area contributed by atoms with Gasteiger partial charge in [-0.1, -0.05) is 36.4 Å². The summed E-state index contributed by atoms with van der Waals surface area (Å²) in [5.74, 6) is -0.589. The molecule has 0 spiro atoms. The van der Waals surface area contributed by atoms with Gasteiger partial charge in [-0.3, -0.25) is 4.79 Å². The summed E-state index contributed by atoms with van der Waals surface area (Å²) in [6.45, 7) is 0.261. The summed E-state index contributed by atoms with van der Waals surface area (Å²) >= 11 is 0. The van der Waals surface area contributed by atoms with Gasteiger partial charge in [0.25, 0.3) is 5.91 Å². The van der Waals surface area contributed by atoms with Crippen molar-refractivity contribution in [1.82, 2.24) is 16.0 Å². The van der Waals surface area contributed by atoms with Crippen molar-refractivity contribution in [2.75, 3.05) is 13.6 Å². The van der Waals surface area contributed by atoms with Crippen LogP contribution < -0.4 is 21.7 Å². The summed E-state index contributed by atoms with van der Waals surface area (Å²) in [4.78, 5) is 23.9. The number of nitrogens with two attached hydrogens (primary N) is 1. The Morgan fingerprint density at radius 2 is 1.90 bits per heavy atom. The molecule has 2 atom stereocenters. The van der Waals surface area contributed by atoms with Crippen LogP contribution in [0, 0.1) is 11.7 Å². The van der Waals surface area contributed by atoms with Crippen molar-refractivity contribution in [2.45, 2.75) is 31.3 Å². The Morgan fingerprint density at radius 1 is 1.17 bits per heavy atom. The van der Waals surface area contributed by atoms with Gasteiger partial charge in [-0.2, -0.15) is 0 Å². The molecule has 5 N–H and O–H groups in total. The molecule has 2 aromatic rings. The third-order valence-electron chi connectivity index (χ3n) is 5.07. The topological polar surface area (TPSA) is 96.2 Å². The first-order chi connectivity index (χ1) is 14.0. The standard InChI is InChI=1S/C22H27FN4O2/c1-25-21(28)18-10-7-14(12-19(18)23)11-17(24)13-26-22(29)27-20(16-8-9-16)15-5-3-2-4-6-15/h2-7,10,12,16-17,20H,8-9,11,13,24H2,1H3,(H,25,28)(H2,26,27,29). The molecule has 29 heavy (non-hydrogen) atoms. The van der Waals surface area contributed by atoms with E-state index in [1.807, 2.05) is 30.3 Å². The molecule has 0 saturated heterocycles. The van der Waals surface area contributed by atoms with Gasteiger partial charge in [0.1, 0.15) is 5.82 Å². The second kappa shape index (κ2) is 9.52. The Kier molecular flexibility index (Phi) is 6.82. The lowest BCUT2D eigenvalue weighted by Crippen LogP contribution is -2.44. The lowest BCUT2D eigenvalue weighted by atomic mass is 10.0. The van der Waals surface area contributed by atoms with Crippen molar-refractivity contribution in [3.8, 4) is 0 Å². The number of hydrogen-bond acceptors (Lipinski definition) is 3. The van der Waals surface area contributed by atoms with E-state index in [0.717, 1.165) is 18.4 Å². The van der Waals surface area contributed by atoms with E-state index in [9.17, 15) is 14.0 Å². The number of hydrogen-bond donors (Lipinski definition) is 4. The smallest absolute Gasteiger partial charge is 0.315 e. The van der Waals surface area contributed by atoms with E-state index in [2.05, 4.69) is 16.0 Å². The van der Waals surface area contributed by atoms with E-state index >= 15 is 0 Å². The van der Waals surface area contributed by atoms with Gasteiger partial charge in [-0.05, 0) is 48.4 Å². The summed E-state index contributed by atoms with van der Waals surface area (Å²) in [6.07, 6.45) is 2.60. The van der Waals surface area contributed by atoms with Gasteiger partial charge in [0.05, 0.1) is 11.6 Å². The molecule has 0 aliphatic heterocycles. The normalized spacial score (nSPS) is 15.3. The quantitative estimate of drug-likeness (QED) is 0.550. The first kappa shape index (κ1) is 20.8. The highest BCUT2D eigenvalue weighted by Crippen LogP contribution is 2.40. The average molecular weight is 398 g/mol. The summed E-state index contributed by atoms with van der Waals surface area (Å²) in [6, 6.07) is 13.7. The highest BCUT2D eigenvalue weighted by atomic mass is 19.1. The minimum Gasteiger partial charge on any atom is -0.355 e. The fourth-order valence-electron chi connectivity index (χ4n) is 3.36. The van der Waals surface area contributed by atoms with Gasteiger partial charge >= 0.3 is 6.03 Å². The number of carbonyl (C=O) groups is 2. The average Bonchev–Trinajstić information content (AvgIpc) is 3.56. The Labute approximate surface area is 170 Å². The summed E-state index contributed by atoms with van der Waals surface area (Å²) in [5, 5.41) is 8.24. The summed E-state index contributed by atoms with van der Waals surface area (Å²) in [5.41, 5.74) is 7.86. The molecule has 0 heterocycles. The van der Waals surface area contributed by atoms with Crippen LogP contribution in [-0.4, -0.2) is 31.6 Å². The van der Waals surface area contributed by atoms with Crippen LogP contribution in [0.15, 0.2) is 48.5 Å². The van der Waals surface area contributed by atoms with Gasteiger partial charge < -0.3 is 21.7 Å². The predicted octanol–water partition coefficient (Wildman–Crippen LogP) is 2.51. The van der Waals surface area contributed by atoms with Crippen LogP contribution in [-0.2, 0) is 6.42 Å². The van der Waals surface area contributed by atoms with Gasteiger partial charge in [0.15, 0.2) is 0 Å². The molecule has 0 aromatic heterocycles. The fourth-order valence-corrected chi connectivity index (χ4v) is 3.36. The van der Waals surface area contributed by atoms with Crippen LogP contribution in [0.5, 0.6) is 0 Å². The van der Waals surface area contributed by atoms with Crippen molar-refractivity contribution in [3.63, 3.8) is 0 Å². The molecular formula is C22H27FN4O2. The SMILES string of the molecule is CNC(=O)c1ccc(CC(N)CNC(=O)NC(c2ccccc2)C2CC2)cc1F. The minimum absolute atomic E-state index is 0.00113. The monoisotopic (exact) mass is 398 g/mol. The van der Waals surface area contributed by atoms with Crippen LogP contribution >= 0.6 is 0 Å². The van der Waals surface area contributed by atoms with E-state index in [-0.39, 0.29) is 30.2 Å². The van der Waals surface area contributed by atoms with E-state index < -0.39 is 11.7 Å². The number of amides is 3.